The SMILES string of the molecule is CC(C)(C)c1cccc2c(-c3cccc(-c4cccc(-c5cccc6ccccc56)n4)n3)cccc12. The first-order valence-electron chi connectivity index (χ1n) is 12.4. The molecule has 0 bridgehead atoms. The summed E-state index contributed by atoms with van der Waals surface area (Å²) in [4.78, 5) is 10.1. The van der Waals surface area contributed by atoms with Gasteiger partial charge in [-0.25, -0.2) is 9.97 Å². The maximum Gasteiger partial charge on any atom is 0.0893 e. The Morgan fingerprint density at radius 1 is 0.417 bits per heavy atom. The summed E-state index contributed by atoms with van der Waals surface area (Å²) in [7, 11) is 0. The average molecular weight is 465 g/mol. The van der Waals surface area contributed by atoms with Gasteiger partial charge in [0.05, 0.1) is 22.8 Å². The number of hydrogen-bond donors (Lipinski definition) is 0. The van der Waals surface area contributed by atoms with Crippen molar-refractivity contribution >= 4 is 21.5 Å². The maximum atomic E-state index is 5.09. The molecular formula is C34H28N2. The molecule has 36 heavy (non-hydrogen) atoms. The van der Waals surface area contributed by atoms with Gasteiger partial charge in [0.2, 0.25) is 0 Å². The summed E-state index contributed by atoms with van der Waals surface area (Å²) in [6, 6.07) is 40.4. The molecule has 6 aromatic rings. The molecule has 0 amide bonds. The molecule has 0 saturated carbocycles. The molecular weight excluding hydrogens is 436 g/mol. The van der Waals surface area contributed by atoms with Crippen molar-refractivity contribution in [2.45, 2.75) is 26.2 Å². The number of nitrogens with zero attached hydrogens (tertiary/aromatic N) is 2. The van der Waals surface area contributed by atoms with Crippen LogP contribution in [0.25, 0.3) is 55.4 Å². The number of aromatic nitrogens is 2. The van der Waals surface area contributed by atoms with E-state index in [1.807, 2.05) is 12.1 Å². The van der Waals surface area contributed by atoms with Crippen LogP contribution in [0.3, 0.4) is 0 Å². The maximum absolute atomic E-state index is 5.09. The Morgan fingerprint density at radius 2 is 0.889 bits per heavy atom. The Labute approximate surface area is 212 Å². The molecule has 0 N–H and O–H groups in total. The van der Waals surface area contributed by atoms with Gasteiger partial charge in [0.1, 0.15) is 0 Å². The highest BCUT2D eigenvalue weighted by Crippen LogP contribution is 2.35. The van der Waals surface area contributed by atoms with Crippen molar-refractivity contribution in [3.05, 3.63) is 121 Å². The van der Waals surface area contributed by atoms with Gasteiger partial charge in [0.25, 0.3) is 0 Å². The number of hydrogen-bond acceptors (Lipinski definition) is 2. The second-order valence-corrected chi connectivity index (χ2v) is 10.3. The number of rotatable bonds is 3. The summed E-state index contributed by atoms with van der Waals surface area (Å²) in [5.41, 5.74) is 7.36. The Hall–Kier alpha value is -4.30. The molecule has 174 valence electrons. The van der Waals surface area contributed by atoms with Crippen LogP contribution in [0.4, 0.5) is 0 Å². The minimum Gasteiger partial charge on any atom is -0.246 e. The van der Waals surface area contributed by atoms with E-state index in [4.69, 9.17) is 9.97 Å². The lowest BCUT2D eigenvalue weighted by atomic mass is 9.83. The van der Waals surface area contributed by atoms with Crippen molar-refractivity contribution < 1.29 is 0 Å². The molecule has 2 heteroatoms. The standard InChI is InChI=1S/C34H28N2/c1-34(2,3)29-18-8-14-25-26(29)15-7-17-28(25)31-20-10-22-33(36-31)32-21-9-19-30(35-32)27-16-6-12-23-11-4-5-13-24(23)27/h4-22H,1-3H3. The second kappa shape index (κ2) is 8.73. The van der Waals surface area contributed by atoms with Crippen LogP contribution < -0.4 is 0 Å². The Kier molecular flexibility index (Phi) is 5.38. The average Bonchev–Trinajstić information content (AvgIpc) is 2.91. The van der Waals surface area contributed by atoms with E-state index in [-0.39, 0.29) is 5.41 Å². The quantitative estimate of drug-likeness (QED) is 0.261. The third-order valence-electron chi connectivity index (χ3n) is 6.83. The van der Waals surface area contributed by atoms with E-state index in [0.717, 1.165) is 33.9 Å². The van der Waals surface area contributed by atoms with Gasteiger partial charge < -0.3 is 0 Å². The topological polar surface area (TPSA) is 25.8 Å². The monoisotopic (exact) mass is 464 g/mol. The Balaban J connectivity index is 1.46. The van der Waals surface area contributed by atoms with Gasteiger partial charge in [0, 0.05) is 11.1 Å². The fourth-order valence-corrected chi connectivity index (χ4v) is 5.09. The van der Waals surface area contributed by atoms with Crippen molar-refractivity contribution in [2.24, 2.45) is 0 Å². The van der Waals surface area contributed by atoms with E-state index in [2.05, 4.69) is 124 Å². The van der Waals surface area contributed by atoms with E-state index in [1.165, 1.54) is 27.1 Å². The van der Waals surface area contributed by atoms with Crippen LogP contribution in [-0.4, -0.2) is 9.97 Å². The van der Waals surface area contributed by atoms with Crippen LogP contribution >= 0.6 is 0 Å². The summed E-state index contributed by atoms with van der Waals surface area (Å²) in [6.07, 6.45) is 0. The minimum absolute atomic E-state index is 0.0688. The molecule has 0 aliphatic heterocycles. The van der Waals surface area contributed by atoms with Gasteiger partial charge in [-0.1, -0.05) is 112 Å². The highest BCUT2D eigenvalue weighted by molar-refractivity contribution is 5.98. The van der Waals surface area contributed by atoms with Gasteiger partial charge in [0.15, 0.2) is 0 Å². The van der Waals surface area contributed by atoms with Crippen LogP contribution in [0, 0.1) is 0 Å². The van der Waals surface area contributed by atoms with E-state index in [0.29, 0.717) is 0 Å². The second-order valence-electron chi connectivity index (χ2n) is 10.3. The Bertz CT molecular complexity index is 1720. The van der Waals surface area contributed by atoms with Gasteiger partial charge >= 0.3 is 0 Å². The molecule has 0 unspecified atom stereocenters. The van der Waals surface area contributed by atoms with Crippen LogP contribution in [0.5, 0.6) is 0 Å². The molecule has 0 fully saturated rings. The van der Waals surface area contributed by atoms with Crippen LogP contribution in [0.1, 0.15) is 26.3 Å². The first kappa shape index (κ1) is 22.2. The summed E-state index contributed by atoms with van der Waals surface area (Å²) >= 11 is 0. The fraction of sp³-hybridized carbons (Fsp3) is 0.118. The summed E-state index contributed by atoms with van der Waals surface area (Å²) in [5, 5.41) is 4.93. The van der Waals surface area contributed by atoms with Crippen LogP contribution in [-0.2, 0) is 5.41 Å². The molecule has 2 heterocycles. The van der Waals surface area contributed by atoms with Gasteiger partial charge in [-0.2, -0.15) is 0 Å². The number of pyridine rings is 2. The number of benzene rings is 4. The fourth-order valence-electron chi connectivity index (χ4n) is 5.09. The molecule has 0 radical (unpaired) electrons. The lowest BCUT2D eigenvalue weighted by Crippen LogP contribution is -2.11. The lowest BCUT2D eigenvalue weighted by Gasteiger charge is -2.22. The molecule has 0 spiro atoms. The van der Waals surface area contributed by atoms with E-state index in [1.54, 1.807) is 0 Å². The third-order valence-corrected chi connectivity index (χ3v) is 6.83. The van der Waals surface area contributed by atoms with Crippen molar-refractivity contribution in [3.8, 4) is 33.9 Å². The summed E-state index contributed by atoms with van der Waals surface area (Å²) in [6.45, 7) is 6.80. The molecule has 6 rings (SSSR count). The minimum atomic E-state index is 0.0688. The Morgan fingerprint density at radius 3 is 1.58 bits per heavy atom. The van der Waals surface area contributed by atoms with E-state index < -0.39 is 0 Å². The molecule has 0 saturated heterocycles. The first-order valence-corrected chi connectivity index (χ1v) is 12.4. The molecule has 0 aliphatic carbocycles. The van der Waals surface area contributed by atoms with Gasteiger partial charge in [-0.3, -0.25) is 0 Å². The zero-order chi connectivity index (χ0) is 24.7. The number of fused-ring (bicyclic) bond motifs is 2. The van der Waals surface area contributed by atoms with E-state index >= 15 is 0 Å². The van der Waals surface area contributed by atoms with Gasteiger partial charge in [-0.15, -0.1) is 0 Å². The van der Waals surface area contributed by atoms with Crippen LogP contribution in [0.2, 0.25) is 0 Å². The highest BCUT2D eigenvalue weighted by Gasteiger charge is 2.18. The van der Waals surface area contributed by atoms with Crippen molar-refractivity contribution in [1.29, 1.82) is 0 Å². The normalized spacial score (nSPS) is 11.8. The molecule has 0 atom stereocenters. The lowest BCUT2D eigenvalue weighted by molar-refractivity contribution is 0.596. The molecule has 4 aromatic carbocycles. The summed E-state index contributed by atoms with van der Waals surface area (Å²) in [5.74, 6) is 0. The predicted octanol–water partition coefficient (Wildman–Crippen LogP) is 9.08. The largest absolute Gasteiger partial charge is 0.246 e. The van der Waals surface area contributed by atoms with Crippen LogP contribution in [0.15, 0.2) is 115 Å². The zero-order valence-electron chi connectivity index (χ0n) is 20.9. The molecule has 2 nitrogen and oxygen atoms in total. The van der Waals surface area contributed by atoms with Gasteiger partial charge in [-0.05, 0) is 56.8 Å². The first-order chi connectivity index (χ1) is 17.5. The van der Waals surface area contributed by atoms with Crippen molar-refractivity contribution in [2.75, 3.05) is 0 Å². The van der Waals surface area contributed by atoms with E-state index in [9.17, 15) is 0 Å². The third kappa shape index (κ3) is 3.95. The molecule has 0 aliphatic rings. The molecule has 2 aromatic heterocycles. The smallest absolute Gasteiger partial charge is 0.0893 e. The zero-order valence-corrected chi connectivity index (χ0v) is 20.9. The highest BCUT2D eigenvalue weighted by atomic mass is 14.8. The van der Waals surface area contributed by atoms with Crippen molar-refractivity contribution in [1.82, 2.24) is 9.97 Å². The summed E-state index contributed by atoms with van der Waals surface area (Å²) < 4.78 is 0. The van der Waals surface area contributed by atoms with Crippen molar-refractivity contribution in [3.63, 3.8) is 0 Å². The predicted molar refractivity (Wildman–Crippen MR) is 152 cm³/mol.